The molecule has 7 heteroatoms. The van der Waals surface area contributed by atoms with Gasteiger partial charge in [0.05, 0.1) is 31.2 Å². The number of carbonyl (C=O) groups is 2. The first-order valence-corrected chi connectivity index (χ1v) is 8.81. The highest BCUT2D eigenvalue weighted by Crippen LogP contribution is 2.51. The van der Waals surface area contributed by atoms with Gasteiger partial charge in [-0.25, -0.2) is 0 Å². The van der Waals surface area contributed by atoms with Crippen LogP contribution in [0, 0.1) is 11.8 Å². The number of aliphatic carboxylic acids is 2. The van der Waals surface area contributed by atoms with Gasteiger partial charge in [-0.15, -0.1) is 0 Å². The van der Waals surface area contributed by atoms with E-state index in [1.54, 1.807) is 0 Å². The molecular formula is C17H26O7. The third-order valence-electron chi connectivity index (χ3n) is 6.16. The van der Waals surface area contributed by atoms with Crippen molar-refractivity contribution >= 4 is 11.9 Å². The van der Waals surface area contributed by atoms with Crippen LogP contribution in [0.1, 0.15) is 51.4 Å². The fourth-order valence-corrected chi connectivity index (χ4v) is 4.66. The van der Waals surface area contributed by atoms with E-state index in [9.17, 15) is 24.9 Å². The van der Waals surface area contributed by atoms with Crippen molar-refractivity contribution in [3.8, 4) is 0 Å². The predicted octanol–water partition coefficient (Wildman–Crippen LogP) is 1.42. The molecule has 0 aromatic heterocycles. The van der Waals surface area contributed by atoms with E-state index in [1.165, 1.54) is 0 Å². The SMILES string of the molecule is O=C(O)C1CCC(OC2(CO)COC23CCCCC3)CC1C(=O)O. The van der Waals surface area contributed by atoms with Crippen LogP contribution in [-0.2, 0) is 19.1 Å². The van der Waals surface area contributed by atoms with E-state index >= 15 is 0 Å². The largest absolute Gasteiger partial charge is 0.481 e. The summed E-state index contributed by atoms with van der Waals surface area (Å²) in [7, 11) is 0. The van der Waals surface area contributed by atoms with Crippen molar-refractivity contribution in [2.75, 3.05) is 13.2 Å². The number of hydrogen-bond acceptors (Lipinski definition) is 5. The number of aliphatic hydroxyl groups is 1. The topological polar surface area (TPSA) is 113 Å². The van der Waals surface area contributed by atoms with E-state index < -0.39 is 35.0 Å². The van der Waals surface area contributed by atoms with Gasteiger partial charge in [0.15, 0.2) is 0 Å². The Morgan fingerprint density at radius 1 is 1.04 bits per heavy atom. The zero-order valence-corrected chi connectivity index (χ0v) is 13.8. The van der Waals surface area contributed by atoms with Crippen molar-refractivity contribution in [3.05, 3.63) is 0 Å². The zero-order valence-electron chi connectivity index (χ0n) is 13.8. The van der Waals surface area contributed by atoms with Crippen molar-refractivity contribution in [1.82, 2.24) is 0 Å². The van der Waals surface area contributed by atoms with Crippen LogP contribution in [0.3, 0.4) is 0 Å². The number of aliphatic hydroxyl groups excluding tert-OH is 1. The maximum Gasteiger partial charge on any atom is 0.307 e. The number of hydrogen-bond donors (Lipinski definition) is 3. The summed E-state index contributed by atoms with van der Waals surface area (Å²) in [6.45, 7) is 0.170. The molecule has 0 aromatic carbocycles. The number of carboxylic acid groups (broad SMARTS) is 2. The second kappa shape index (κ2) is 6.61. The normalized spacial score (nSPS) is 38.5. The van der Waals surface area contributed by atoms with Crippen molar-refractivity contribution in [2.45, 2.75) is 68.7 Å². The summed E-state index contributed by atoms with van der Waals surface area (Å²) >= 11 is 0. The van der Waals surface area contributed by atoms with Crippen LogP contribution in [0.4, 0.5) is 0 Å². The van der Waals surface area contributed by atoms with Gasteiger partial charge >= 0.3 is 11.9 Å². The molecule has 2 saturated carbocycles. The molecule has 4 unspecified atom stereocenters. The molecule has 0 aromatic rings. The summed E-state index contributed by atoms with van der Waals surface area (Å²) in [6.07, 6.45) is 5.52. The van der Waals surface area contributed by atoms with Crippen LogP contribution < -0.4 is 0 Å². The van der Waals surface area contributed by atoms with E-state index in [1.807, 2.05) is 0 Å². The lowest BCUT2D eigenvalue weighted by Gasteiger charge is -2.60. The molecule has 3 rings (SSSR count). The second-order valence-electron chi connectivity index (χ2n) is 7.44. The molecule has 0 bridgehead atoms. The van der Waals surface area contributed by atoms with Crippen LogP contribution >= 0.6 is 0 Å². The molecule has 1 heterocycles. The Hall–Kier alpha value is -1.18. The van der Waals surface area contributed by atoms with E-state index in [4.69, 9.17) is 9.47 Å². The zero-order chi connectivity index (χ0) is 17.4. The minimum absolute atomic E-state index is 0.149. The molecule has 1 spiro atoms. The van der Waals surface area contributed by atoms with Crippen molar-refractivity contribution in [2.24, 2.45) is 11.8 Å². The lowest BCUT2D eigenvalue weighted by Crippen LogP contribution is -2.73. The summed E-state index contributed by atoms with van der Waals surface area (Å²) in [5, 5.41) is 28.6. The average molecular weight is 342 g/mol. The Labute approximate surface area is 140 Å². The fraction of sp³-hybridized carbons (Fsp3) is 0.882. The van der Waals surface area contributed by atoms with E-state index in [0.29, 0.717) is 13.0 Å². The highest BCUT2D eigenvalue weighted by atomic mass is 16.6. The summed E-state index contributed by atoms with van der Waals surface area (Å²) in [5.74, 6) is -3.96. The van der Waals surface area contributed by atoms with E-state index in [2.05, 4.69) is 0 Å². The molecule has 1 saturated heterocycles. The molecular weight excluding hydrogens is 316 g/mol. The van der Waals surface area contributed by atoms with E-state index in [-0.39, 0.29) is 25.6 Å². The molecule has 0 amide bonds. The first-order valence-electron chi connectivity index (χ1n) is 8.81. The predicted molar refractivity (Wildman–Crippen MR) is 82.6 cm³/mol. The van der Waals surface area contributed by atoms with Crippen LogP contribution in [0.5, 0.6) is 0 Å². The molecule has 3 aliphatic rings. The molecule has 3 N–H and O–H groups in total. The Balaban J connectivity index is 1.71. The summed E-state index contributed by atoms with van der Waals surface area (Å²) in [6, 6.07) is 0. The highest BCUT2D eigenvalue weighted by molar-refractivity contribution is 5.80. The molecule has 7 nitrogen and oxygen atoms in total. The van der Waals surface area contributed by atoms with Gasteiger partial charge in [-0.2, -0.15) is 0 Å². The molecule has 0 radical (unpaired) electrons. The van der Waals surface area contributed by atoms with Gasteiger partial charge in [0, 0.05) is 0 Å². The van der Waals surface area contributed by atoms with Crippen LogP contribution in [-0.4, -0.2) is 57.8 Å². The van der Waals surface area contributed by atoms with Crippen molar-refractivity contribution in [1.29, 1.82) is 0 Å². The average Bonchev–Trinajstić information content (AvgIpc) is 2.59. The van der Waals surface area contributed by atoms with Gasteiger partial charge in [0.25, 0.3) is 0 Å². The third-order valence-corrected chi connectivity index (χ3v) is 6.16. The summed E-state index contributed by atoms with van der Waals surface area (Å²) in [4.78, 5) is 22.7. The number of rotatable bonds is 5. The fourth-order valence-electron chi connectivity index (χ4n) is 4.66. The molecule has 4 atom stereocenters. The molecule has 2 aliphatic carbocycles. The van der Waals surface area contributed by atoms with Gasteiger partial charge in [-0.3, -0.25) is 9.59 Å². The minimum atomic E-state index is -1.09. The Kier molecular flexibility index (Phi) is 4.86. The maximum absolute atomic E-state index is 11.4. The monoisotopic (exact) mass is 342 g/mol. The van der Waals surface area contributed by atoms with Crippen LogP contribution in [0.2, 0.25) is 0 Å². The first-order chi connectivity index (χ1) is 11.4. The molecule has 3 fully saturated rings. The lowest BCUT2D eigenvalue weighted by molar-refractivity contribution is -0.354. The minimum Gasteiger partial charge on any atom is -0.481 e. The standard InChI is InChI=1S/C17H26O7/c18-9-17(10-23-16(17)6-2-1-3-7-16)24-11-4-5-12(14(19)20)13(8-11)15(21)22/h11-13,18H,1-10H2,(H,19,20)(H,21,22). The van der Waals surface area contributed by atoms with Gasteiger partial charge in [0.1, 0.15) is 11.2 Å². The Morgan fingerprint density at radius 2 is 1.71 bits per heavy atom. The van der Waals surface area contributed by atoms with Gasteiger partial charge in [-0.1, -0.05) is 19.3 Å². The Bertz CT molecular complexity index is 495. The van der Waals surface area contributed by atoms with Crippen molar-refractivity contribution < 1.29 is 34.4 Å². The smallest absolute Gasteiger partial charge is 0.307 e. The molecule has 136 valence electrons. The second-order valence-corrected chi connectivity index (χ2v) is 7.44. The van der Waals surface area contributed by atoms with Crippen LogP contribution in [0.25, 0.3) is 0 Å². The summed E-state index contributed by atoms with van der Waals surface area (Å²) in [5.41, 5.74) is -1.22. The van der Waals surface area contributed by atoms with Crippen molar-refractivity contribution in [3.63, 3.8) is 0 Å². The quantitative estimate of drug-likeness (QED) is 0.692. The Morgan fingerprint density at radius 3 is 2.21 bits per heavy atom. The maximum atomic E-state index is 11.4. The molecule has 24 heavy (non-hydrogen) atoms. The number of carboxylic acids is 2. The summed E-state index contributed by atoms with van der Waals surface area (Å²) < 4.78 is 12.1. The van der Waals surface area contributed by atoms with E-state index in [0.717, 1.165) is 32.1 Å². The first kappa shape index (κ1) is 17.6. The lowest BCUT2D eigenvalue weighted by atomic mass is 9.68. The highest BCUT2D eigenvalue weighted by Gasteiger charge is 2.62. The van der Waals surface area contributed by atoms with Gasteiger partial charge < -0.3 is 24.8 Å². The third kappa shape index (κ3) is 2.82. The van der Waals surface area contributed by atoms with Gasteiger partial charge in [0.2, 0.25) is 0 Å². The number of ether oxygens (including phenoxy) is 2. The molecule has 1 aliphatic heterocycles. The van der Waals surface area contributed by atoms with Crippen LogP contribution in [0.15, 0.2) is 0 Å². The van der Waals surface area contributed by atoms with Gasteiger partial charge in [-0.05, 0) is 32.1 Å².